The average Bonchev–Trinajstić information content (AvgIpc) is 3.18. The Morgan fingerprint density at radius 3 is 2.32 bits per heavy atom. The van der Waals surface area contributed by atoms with Crippen molar-refractivity contribution in [3.05, 3.63) is 58.8 Å². The molecular formula is C28H35FN2O5S2. The number of hydrogen-bond donors (Lipinski definition) is 0. The van der Waals surface area contributed by atoms with Crippen molar-refractivity contribution in [1.29, 1.82) is 0 Å². The molecule has 2 aromatic rings. The number of carbonyl (C=O) groups excluding carboxylic acids is 1. The predicted molar refractivity (Wildman–Crippen MR) is 150 cm³/mol. The highest BCUT2D eigenvalue weighted by atomic mass is 32.2. The molecule has 7 nitrogen and oxygen atoms in total. The summed E-state index contributed by atoms with van der Waals surface area (Å²) >= 11 is 0.981. The van der Waals surface area contributed by atoms with Gasteiger partial charge in [0.15, 0.2) is 16.7 Å². The Kier molecular flexibility index (Phi) is 11.2. The second-order valence-electron chi connectivity index (χ2n) is 8.84. The van der Waals surface area contributed by atoms with Crippen molar-refractivity contribution >= 4 is 38.9 Å². The lowest BCUT2D eigenvalue weighted by Gasteiger charge is -2.12. The summed E-state index contributed by atoms with van der Waals surface area (Å²) in [4.78, 5) is 14.5. The highest BCUT2D eigenvalue weighted by Crippen LogP contribution is 2.35. The summed E-state index contributed by atoms with van der Waals surface area (Å²) < 4.78 is 54.0. The van der Waals surface area contributed by atoms with Crippen molar-refractivity contribution in [3.8, 4) is 11.5 Å². The van der Waals surface area contributed by atoms with Crippen molar-refractivity contribution in [2.24, 2.45) is 4.40 Å². The molecule has 3 rings (SSSR count). The van der Waals surface area contributed by atoms with E-state index in [4.69, 9.17) is 9.47 Å². The fourth-order valence-corrected chi connectivity index (χ4v) is 6.15. The summed E-state index contributed by atoms with van der Waals surface area (Å²) in [6, 6.07) is 9.80. The zero-order valence-electron chi connectivity index (χ0n) is 22.1. The summed E-state index contributed by atoms with van der Waals surface area (Å²) in [5.41, 5.74) is 0.718. The molecule has 1 heterocycles. The second kappa shape index (κ2) is 14.3. The number of rotatable bonds is 14. The van der Waals surface area contributed by atoms with E-state index < -0.39 is 15.8 Å². The second-order valence-corrected chi connectivity index (χ2v) is 11.5. The molecule has 10 heteroatoms. The lowest BCUT2D eigenvalue weighted by Crippen LogP contribution is -2.29. The third-order valence-corrected chi connectivity index (χ3v) is 8.41. The Labute approximate surface area is 229 Å². The van der Waals surface area contributed by atoms with Gasteiger partial charge in [-0.2, -0.15) is 8.42 Å². The van der Waals surface area contributed by atoms with Crippen molar-refractivity contribution in [2.45, 2.75) is 63.7 Å². The van der Waals surface area contributed by atoms with Crippen LogP contribution in [0.5, 0.6) is 11.5 Å². The number of methoxy groups -OCH3 is 1. The molecule has 0 spiro atoms. The first-order valence-corrected chi connectivity index (χ1v) is 15.2. The van der Waals surface area contributed by atoms with Gasteiger partial charge in [-0.1, -0.05) is 51.5 Å². The van der Waals surface area contributed by atoms with Crippen LogP contribution in [0.15, 0.2) is 56.7 Å². The van der Waals surface area contributed by atoms with Crippen LogP contribution in [0.4, 0.5) is 4.39 Å². The van der Waals surface area contributed by atoms with Gasteiger partial charge in [-0.25, -0.2) is 4.39 Å². The fourth-order valence-electron chi connectivity index (χ4n) is 3.91. The van der Waals surface area contributed by atoms with Gasteiger partial charge >= 0.3 is 0 Å². The molecule has 0 radical (unpaired) electrons. The minimum Gasteiger partial charge on any atom is -0.493 e. The van der Waals surface area contributed by atoms with E-state index in [2.05, 4.69) is 11.3 Å². The first-order chi connectivity index (χ1) is 18.3. The zero-order chi connectivity index (χ0) is 27.5. The van der Waals surface area contributed by atoms with Gasteiger partial charge in [-0.05, 0) is 73.1 Å². The molecule has 0 atom stereocenters. The third-order valence-electron chi connectivity index (χ3n) is 6.00. The Balaban J connectivity index is 1.73. The number of nitrogens with zero attached hydrogens (tertiary/aromatic N) is 2. The maximum Gasteiger partial charge on any atom is 0.284 e. The molecule has 0 aliphatic carbocycles. The van der Waals surface area contributed by atoms with Crippen molar-refractivity contribution in [1.82, 2.24) is 4.90 Å². The number of thioether (sulfide) groups is 1. The first kappa shape index (κ1) is 29.7. The van der Waals surface area contributed by atoms with Crippen LogP contribution in [0.1, 0.15) is 64.4 Å². The predicted octanol–water partition coefficient (Wildman–Crippen LogP) is 6.64. The molecule has 0 N–H and O–H groups in total. The van der Waals surface area contributed by atoms with Gasteiger partial charge in [-0.15, -0.1) is 4.40 Å². The molecule has 2 aromatic carbocycles. The van der Waals surface area contributed by atoms with Gasteiger partial charge < -0.3 is 9.47 Å². The van der Waals surface area contributed by atoms with E-state index in [1.807, 2.05) is 6.07 Å². The molecule has 1 aliphatic rings. The standard InChI is InChI=1S/C28H35FN2O5S2/c1-4-6-7-8-9-10-11-18-36-25-19-21(12-17-24(25)35-3)20-26-27(32)31(5-2)28(37-26)30-38(33,34)23-15-13-22(29)14-16-23/h12-17,19-20H,4-11,18H2,1-3H3/b26-20-,30-28+. The van der Waals surface area contributed by atoms with E-state index in [-0.39, 0.29) is 22.5 Å². The Morgan fingerprint density at radius 1 is 0.974 bits per heavy atom. The number of amides is 1. The van der Waals surface area contributed by atoms with Crippen LogP contribution < -0.4 is 9.47 Å². The smallest absolute Gasteiger partial charge is 0.284 e. The average molecular weight is 563 g/mol. The molecule has 1 saturated heterocycles. The van der Waals surface area contributed by atoms with Gasteiger partial charge in [0.05, 0.1) is 23.5 Å². The number of likely N-dealkylation sites (N-methyl/N-ethyl adjacent to an activating group) is 1. The normalized spacial score (nSPS) is 16.0. The van der Waals surface area contributed by atoms with Crippen molar-refractivity contribution in [3.63, 3.8) is 0 Å². The first-order valence-electron chi connectivity index (χ1n) is 12.9. The van der Waals surface area contributed by atoms with E-state index in [9.17, 15) is 17.6 Å². The van der Waals surface area contributed by atoms with Crippen LogP contribution in [0.2, 0.25) is 0 Å². The maximum atomic E-state index is 13.2. The highest BCUT2D eigenvalue weighted by molar-refractivity contribution is 8.19. The molecular weight excluding hydrogens is 527 g/mol. The summed E-state index contributed by atoms with van der Waals surface area (Å²) in [7, 11) is -2.54. The number of benzene rings is 2. The van der Waals surface area contributed by atoms with Crippen LogP contribution in [-0.2, 0) is 14.8 Å². The number of halogens is 1. The Bertz CT molecular complexity index is 1260. The van der Waals surface area contributed by atoms with E-state index >= 15 is 0 Å². The maximum absolute atomic E-state index is 13.2. The lowest BCUT2D eigenvalue weighted by atomic mass is 10.1. The van der Waals surface area contributed by atoms with Crippen LogP contribution in [0.25, 0.3) is 6.08 Å². The molecule has 1 amide bonds. The van der Waals surface area contributed by atoms with Gasteiger partial charge in [-0.3, -0.25) is 9.69 Å². The van der Waals surface area contributed by atoms with Crippen molar-refractivity contribution in [2.75, 3.05) is 20.3 Å². The van der Waals surface area contributed by atoms with Crippen LogP contribution in [0.3, 0.4) is 0 Å². The van der Waals surface area contributed by atoms with Gasteiger partial charge in [0, 0.05) is 6.54 Å². The zero-order valence-corrected chi connectivity index (χ0v) is 23.7. The minimum atomic E-state index is -4.12. The number of amidine groups is 1. The summed E-state index contributed by atoms with van der Waals surface area (Å²) in [5, 5.41) is 0.0528. The molecule has 0 aromatic heterocycles. The molecule has 0 saturated carbocycles. The van der Waals surface area contributed by atoms with Gasteiger partial charge in [0.25, 0.3) is 15.9 Å². The van der Waals surface area contributed by atoms with Gasteiger partial charge in [0.1, 0.15) is 5.82 Å². The Hall–Kier alpha value is -2.85. The highest BCUT2D eigenvalue weighted by Gasteiger charge is 2.34. The number of hydrogen-bond acceptors (Lipinski definition) is 6. The largest absolute Gasteiger partial charge is 0.493 e. The third kappa shape index (κ3) is 8.07. The van der Waals surface area contributed by atoms with Crippen LogP contribution >= 0.6 is 11.8 Å². The molecule has 38 heavy (non-hydrogen) atoms. The van der Waals surface area contributed by atoms with E-state index in [0.29, 0.717) is 23.0 Å². The van der Waals surface area contributed by atoms with E-state index in [1.165, 1.54) is 37.0 Å². The summed E-state index contributed by atoms with van der Waals surface area (Å²) in [6.07, 6.45) is 9.97. The summed E-state index contributed by atoms with van der Waals surface area (Å²) in [6.45, 7) is 4.76. The Morgan fingerprint density at radius 2 is 1.66 bits per heavy atom. The number of ether oxygens (including phenoxy) is 2. The van der Waals surface area contributed by atoms with Gasteiger partial charge in [0.2, 0.25) is 0 Å². The molecule has 0 unspecified atom stereocenters. The molecule has 0 bridgehead atoms. The topological polar surface area (TPSA) is 85.3 Å². The monoisotopic (exact) mass is 562 g/mol. The number of unbranched alkanes of at least 4 members (excludes halogenated alkanes) is 6. The lowest BCUT2D eigenvalue weighted by molar-refractivity contribution is -0.122. The fraction of sp³-hybridized carbons (Fsp3) is 0.429. The SMILES string of the molecule is CCCCCCCCCOc1cc(/C=C2\S/C(=N/S(=O)(=O)c3ccc(F)cc3)N(CC)C2=O)ccc1OC. The van der Waals surface area contributed by atoms with E-state index in [0.717, 1.165) is 54.4 Å². The number of sulfonamides is 1. The van der Waals surface area contributed by atoms with Crippen LogP contribution in [-0.4, -0.2) is 44.7 Å². The van der Waals surface area contributed by atoms with Crippen molar-refractivity contribution < 1.29 is 27.1 Å². The molecule has 1 aliphatic heterocycles. The summed E-state index contributed by atoms with van der Waals surface area (Å²) in [5.74, 6) is 0.298. The minimum absolute atomic E-state index is 0.0528. The number of carbonyl (C=O) groups is 1. The van der Waals surface area contributed by atoms with Crippen LogP contribution in [0, 0.1) is 5.82 Å². The quantitative estimate of drug-likeness (QED) is 0.189. The van der Waals surface area contributed by atoms with E-state index in [1.54, 1.807) is 32.2 Å². The molecule has 206 valence electrons. The molecule has 1 fully saturated rings.